The summed E-state index contributed by atoms with van der Waals surface area (Å²) in [6, 6.07) is 4.16. The molecule has 0 saturated heterocycles. The van der Waals surface area contributed by atoms with Crippen molar-refractivity contribution >= 4 is 31.9 Å². The molecular weight excluding hydrogens is 298 g/mol. The van der Waals surface area contributed by atoms with E-state index in [9.17, 15) is 0 Å². The van der Waals surface area contributed by atoms with E-state index in [1.54, 1.807) is 0 Å². The fourth-order valence-corrected chi connectivity index (χ4v) is 2.27. The second kappa shape index (κ2) is 5.10. The van der Waals surface area contributed by atoms with Gasteiger partial charge in [-0.15, -0.1) is 0 Å². The molecule has 0 saturated carbocycles. The van der Waals surface area contributed by atoms with Crippen molar-refractivity contribution in [2.24, 2.45) is 5.90 Å². The first-order valence-corrected chi connectivity index (χ1v) is 5.50. The second-order valence-corrected chi connectivity index (χ2v) is 4.52. The first-order valence-electron chi connectivity index (χ1n) is 3.91. The normalized spacial score (nSPS) is 10.5. The van der Waals surface area contributed by atoms with Crippen LogP contribution < -0.4 is 5.90 Å². The molecule has 0 aromatic heterocycles. The summed E-state index contributed by atoms with van der Waals surface area (Å²) in [5, 5.41) is 0. The average molecular weight is 309 g/mol. The van der Waals surface area contributed by atoms with Crippen molar-refractivity contribution in [3.63, 3.8) is 0 Å². The Labute approximate surface area is 94.7 Å². The first kappa shape index (κ1) is 11.2. The molecule has 0 fully saturated rings. The molecule has 2 nitrogen and oxygen atoms in total. The lowest BCUT2D eigenvalue weighted by molar-refractivity contribution is 0.141. The van der Waals surface area contributed by atoms with Crippen molar-refractivity contribution in [3.05, 3.63) is 32.2 Å². The highest BCUT2D eigenvalue weighted by molar-refractivity contribution is 9.11. The van der Waals surface area contributed by atoms with Gasteiger partial charge in [0.2, 0.25) is 0 Å². The molecule has 0 radical (unpaired) electrons. The minimum atomic E-state index is 0.541. The number of hydrogen-bond acceptors (Lipinski definition) is 2. The van der Waals surface area contributed by atoms with Crippen molar-refractivity contribution < 1.29 is 4.84 Å². The molecule has 1 aromatic rings. The monoisotopic (exact) mass is 307 g/mol. The Bertz CT molecular complexity index is 302. The van der Waals surface area contributed by atoms with E-state index in [0.717, 1.165) is 15.4 Å². The summed E-state index contributed by atoms with van der Waals surface area (Å²) < 4.78 is 2.19. The van der Waals surface area contributed by atoms with E-state index in [0.29, 0.717) is 6.61 Å². The van der Waals surface area contributed by atoms with Gasteiger partial charge in [-0.3, -0.25) is 0 Å². The Kier molecular flexibility index (Phi) is 4.38. The third kappa shape index (κ3) is 3.06. The van der Waals surface area contributed by atoms with E-state index in [-0.39, 0.29) is 0 Å². The van der Waals surface area contributed by atoms with Gasteiger partial charge < -0.3 is 4.84 Å². The second-order valence-electron chi connectivity index (χ2n) is 2.81. The van der Waals surface area contributed by atoms with Crippen LogP contribution in [0.1, 0.15) is 11.1 Å². The standard InChI is InChI=1S/C9H11Br2NO/c1-6-4-7(2-3-13-12)9(11)5-8(6)10/h4-5H,2-3,12H2,1H3. The Balaban J connectivity index is 2.88. The molecule has 0 spiro atoms. The van der Waals surface area contributed by atoms with Gasteiger partial charge in [0.1, 0.15) is 0 Å². The maximum absolute atomic E-state index is 4.97. The Morgan fingerprint density at radius 1 is 1.31 bits per heavy atom. The van der Waals surface area contributed by atoms with Crippen LogP contribution in [0.3, 0.4) is 0 Å². The predicted octanol–water partition coefficient (Wildman–Crippen LogP) is 2.95. The average Bonchev–Trinajstić information content (AvgIpc) is 2.09. The van der Waals surface area contributed by atoms with Gasteiger partial charge in [-0.2, -0.15) is 0 Å². The minimum absolute atomic E-state index is 0.541. The van der Waals surface area contributed by atoms with Crippen LogP contribution in [0, 0.1) is 6.92 Å². The fraction of sp³-hybridized carbons (Fsp3) is 0.333. The van der Waals surface area contributed by atoms with Gasteiger partial charge in [-0.25, -0.2) is 5.90 Å². The molecule has 0 aliphatic heterocycles. The van der Waals surface area contributed by atoms with Gasteiger partial charge in [0.15, 0.2) is 0 Å². The van der Waals surface area contributed by atoms with Crippen LogP contribution >= 0.6 is 31.9 Å². The number of benzene rings is 1. The van der Waals surface area contributed by atoms with Gasteiger partial charge in [0.05, 0.1) is 6.61 Å². The van der Waals surface area contributed by atoms with Crippen LogP contribution in [-0.4, -0.2) is 6.61 Å². The first-order chi connectivity index (χ1) is 6.15. The Morgan fingerprint density at radius 3 is 2.62 bits per heavy atom. The Morgan fingerprint density at radius 2 is 2.00 bits per heavy atom. The van der Waals surface area contributed by atoms with Gasteiger partial charge in [0.25, 0.3) is 0 Å². The third-order valence-electron chi connectivity index (χ3n) is 1.82. The SMILES string of the molecule is Cc1cc(CCON)c(Br)cc1Br. The molecule has 0 bridgehead atoms. The van der Waals surface area contributed by atoms with Crippen molar-refractivity contribution in [1.29, 1.82) is 0 Å². The molecule has 4 heteroatoms. The fourth-order valence-electron chi connectivity index (χ4n) is 1.08. The van der Waals surface area contributed by atoms with E-state index in [1.165, 1.54) is 11.1 Å². The minimum Gasteiger partial charge on any atom is -0.304 e. The molecule has 0 aliphatic rings. The van der Waals surface area contributed by atoms with E-state index in [4.69, 9.17) is 5.90 Å². The van der Waals surface area contributed by atoms with Crippen molar-refractivity contribution in [2.75, 3.05) is 6.61 Å². The lowest BCUT2D eigenvalue weighted by Gasteiger charge is -2.06. The van der Waals surface area contributed by atoms with E-state index in [2.05, 4.69) is 49.7 Å². The summed E-state index contributed by atoms with van der Waals surface area (Å²) in [4.78, 5) is 4.54. The molecule has 13 heavy (non-hydrogen) atoms. The number of aryl methyl sites for hydroxylation is 1. The maximum atomic E-state index is 4.97. The molecule has 1 aromatic carbocycles. The highest BCUT2D eigenvalue weighted by Crippen LogP contribution is 2.25. The summed E-state index contributed by atoms with van der Waals surface area (Å²) >= 11 is 6.95. The maximum Gasteiger partial charge on any atom is 0.0720 e. The summed E-state index contributed by atoms with van der Waals surface area (Å²) in [5.41, 5.74) is 2.43. The Hall–Kier alpha value is 0.100. The zero-order chi connectivity index (χ0) is 9.84. The zero-order valence-electron chi connectivity index (χ0n) is 7.31. The van der Waals surface area contributed by atoms with Gasteiger partial charge >= 0.3 is 0 Å². The smallest absolute Gasteiger partial charge is 0.0720 e. The van der Waals surface area contributed by atoms with Crippen LogP contribution in [-0.2, 0) is 11.3 Å². The number of hydrogen-bond donors (Lipinski definition) is 1. The molecule has 0 heterocycles. The summed E-state index contributed by atoms with van der Waals surface area (Å²) in [7, 11) is 0. The van der Waals surface area contributed by atoms with Gasteiger partial charge in [-0.1, -0.05) is 37.9 Å². The quantitative estimate of drug-likeness (QED) is 0.871. The molecule has 1 rings (SSSR count). The van der Waals surface area contributed by atoms with Crippen LogP contribution in [0.15, 0.2) is 21.1 Å². The van der Waals surface area contributed by atoms with Crippen LogP contribution in [0.4, 0.5) is 0 Å². The molecule has 0 atom stereocenters. The number of halogens is 2. The van der Waals surface area contributed by atoms with Crippen LogP contribution in [0.5, 0.6) is 0 Å². The van der Waals surface area contributed by atoms with E-state index in [1.807, 2.05) is 6.07 Å². The number of rotatable bonds is 3. The largest absolute Gasteiger partial charge is 0.304 e. The van der Waals surface area contributed by atoms with Crippen molar-refractivity contribution in [3.8, 4) is 0 Å². The predicted molar refractivity (Wildman–Crippen MR) is 60.4 cm³/mol. The molecule has 0 aliphatic carbocycles. The zero-order valence-corrected chi connectivity index (χ0v) is 10.5. The van der Waals surface area contributed by atoms with Gasteiger partial charge in [0, 0.05) is 8.95 Å². The highest BCUT2D eigenvalue weighted by Gasteiger charge is 2.03. The molecule has 0 amide bonds. The highest BCUT2D eigenvalue weighted by atomic mass is 79.9. The number of nitrogens with two attached hydrogens (primary N) is 1. The third-order valence-corrected chi connectivity index (χ3v) is 3.41. The molecular formula is C9H11Br2NO. The molecule has 0 unspecified atom stereocenters. The van der Waals surface area contributed by atoms with E-state index >= 15 is 0 Å². The summed E-state index contributed by atoms with van der Waals surface area (Å²) in [5.74, 6) is 4.97. The van der Waals surface area contributed by atoms with Crippen LogP contribution in [0.25, 0.3) is 0 Å². The summed E-state index contributed by atoms with van der Waals surface area (Å²) in [6.07, 6.45) is 0.825. The topological polar surface area (TPSA) is 35.2 Å². The summed E-state index contributed by atoms with van der Waals surface area (Å²) in [6.45, 7) is 2.60. The lowest BCUT2D eigenvalue weighted by atomic mass is 10.1. The molecule has 72 valence electrons. The van der Waals surface area contributed by atoms with Crippen molar-refractivity contribution in [1.82, 2.24) is 0 Å². The lowest BCUT2D eigenvalue weighted by Crippen LogP contribution is -2.04. The van der Waals surface area contributed by atoms with Crippen molar-refractivity contribution in [2.45, 2.75) is 13.3 Å². The van der Waals surface area contributed by atoms with Crippen LogP contribution in [0.2, 0.25) is 0 Å². The van der Waals surface area contributed by atoms with E-state index < -0.39 is 0 Å². The molecule has 2 N–H and O–H groups in total. The van der Waals surface area contributed by atoms with Gasteiger partial charge in [-0.05, 0) is 30.5 Å².